The summed E-state index contributed by atoms with van der Waals surface area (Å²) in [5.41, 5.74) is 0.964. The molecule has 0 aromatic heterocycles. The molecule has 0 amide bonds. The van der Waals surface area contributed by atoms with E-state index < -0.39 is 15.7 Å². The first-order chi connectivity index (χ1) is 14.9. The van der Waals surface area contributed by atoms with Crippen LogP contribution in [0, 0.1) is 20.8 Å². The molecule has 2 saturated carbocycles. The molecule has 4 atom stereocenters. The van der Waals surface area contributed by atoms with Crippen molar-refractivity contribution in [1.29, 1.82) is 0 Å². The van der Waals surface area contributed by atoms with Crippen LogP contribution in [-0.4, -0.2) is 16.5 Å². The third-order valence-electron chi connectivity index (χ3n) is 6.99. The van der Waals surface area contributed by atoms with E-state index in [9.17, 15) is 4.57 Å². The predicted molar refractivity (Wildman–Crippen MR) is 154 cm³/mol. The SMILES string of the molecule is C1CCCC1.C[C@H](C1CCCC1[P@H](=O)C(C)(C)C)P(c1ccccc1)c1ccccc1.[CH3-].[CH3-].[Fe+2]. The third-order valence-corrected chi connectivity index (χ3v) is 12.8. The Labute approximate surface area is 224 Å². The Kier molecular flexibility index (Phi) is 16.2. The Morgan fingerprint density at radius 3 is 1.56 bits per heavy atom. The second-order valence-electron chi connectivity index (χ2n) is 10.4. The van der Waals surface area contributed by atoms with Gasteiger partial charge in [-0.05, 0) is 42.9 Å². The fourth-order valence-electron chi connectivity index (χ4n) is 5.32. The normalized spacial score (nSPS) is 21.2. The largest absolute Gasteiger partial charge is 2.00 e. The standard InChI is InChI=1S/C23H32OP2.C5H10.2CH3.Fe/c1-18(21-16-11-17-22(21)26(24)23(2,3)4)25(19-12-7-5-8-13-19)20-14-9-6-10-15-20;1-2-4-5-3-1;;;/h5-10,12-15,18,21-22,26H,11,16-17H2,1-4H3;1-5H2;2*1H3;/q;;2*-1;+2/t18-,21?,22?;;;;/m1..../s1. The molecule has 4 heteroatoms. The molecule has 2 aromatic rings. The predicted octanol–water partition coefficient (Wildman–Crippen LogP) is 8.88. The fraction of sp³-hybridized carbons (Fsp3) is 0.533. The van der Waals surface area contributed by atoms with Crippen molar-refractivity contribution in [1.82, 2.24) is 0 Å². The number of hydrogen-bond acceptors (Lipinski definition) is 1. The monoisotopic (exact) mass is 542 g/mol. The van der Waals surface area contributed by atoms with Crippen molar-refractivity contribution in [3.8, 4) is 0 Å². The molecule has 2 aliphatic rings. The minimum atomic E-state index is -1.61. The van der Waals surface area contributed by atoms with Crippen molar-refractivity contribution in [3.05, 3.63) is 75.5 Å². The van der Waals surface area contributed by atoms with Crippen molar-refractivity contribution >= 4 is 26.3 Å². The van der Waals surface area contributed by atoms with Gasteiger partial charge in [0.2, 0.25) is 0 Å². The molecule has 0 heterocycles. The molecular weight excluding hydrogens is 494 g/mol. The Bertz CT molecular complexity index is 752. The van der Waals surface area contributed by atoms with E-state index in [-0.39, 0.29) is 37.1 Å². The van der Waals surface area contributed by atoms with Gasteiger partial charge in [0.1, 0.15) is 0 Å². The Balaban J connectivity index is 0.00000121. The van der Waals surface area contributed by atoms with E-state index in [1.807, 2.05) is 0 Å². The third kappa shape index (κ3) is 9.25. The van der Waals surface area contributed by atoms with Gasteiger partial charge in [-0.2, -0.15) is 0 Å². The first-order valence-electron chi connectivity index (χ1n) is 12.3. The van der Waals surface area contributed by atoms with E-state index in [0.717, 1.165) is 6.42 Å². The summed E-state index contributed by atoms with van der Waals surface area (Å²) in [4.78, 5) is 0. The van der Waals surface area contributed by atoms with Gasteiger partial charge in [0, 0.05) is 10.8 Å². The van der Waals surface area contributed by atoms with Gasteiger partial charge in [0.25, 0.3) is 0 Å². The Morgan fingerprint density at radius 1 is 0.765 bits per heavy atom. The van der Waals surface area contributed by atoms with Gasteiger partial charge < -0.3 is 19.4 Å². The summed E-state index contributed by atoms with van der Waals surface area (Å²) in [6.45, 7) is 8.90. The molecule has 0 saturated heterocycles. The summed E-state index contributed by atoms with van der Waals surface area (Å²) < 4.78 is 13.3. The maximum atomic E-state index is 13.3. The summed E-state index contributed by atoms with van der Waals surface area (Å²) in [6, 6.07) is 22.0. The van der Waals surface area contributed by atoms with Crippen LogP contribution < -0.4 is 10.6 Å². The molecule has 192 valence electrons. The van der Waals surface area contributed by atoms with Crippen LogP contribution in [0.15, 0.2) is 60.7 Å². The molecule has 1 nitrogen and oxygen atoms in total. The molecule has 0 radical (unpaired) electrons. The minimum absolute atomic E-state index is 0. The van der Waals surface area contributed by atoms with E-state index in [1.54, 1.807) is 0 Å². The van der Waals surface area contributed by atoms with Gasteiger partial charge in [-0.15, -0.1) is 0 Å². The molecule has 2 fully saturated rings. The van der Waals surface area contributed by atoms with Crippen LogP contribution in [0.2, 0.25) is 0 Å². The van der Waals surface area contributed by atoms with Gasteiger partial charge >= 0.3 is 17.1 Å². The summed E-state index contributed by atoms with van der Waals surface area (Å²) in [6.07, 6.45) is 11.1. The smallest absolute Gasteiger partial charge is 0.358 e. The van der Waals surface area contributed by atoms with Gasteiger partial charge in [-0.3, -0.25) is 0 Å². The average Bonchev–Trinajstić information content (AvgIpc) is 3.49. The van der Waals surface area contributed by atoms with Gasteiger partial charge in [0.15, 0.2) is 0 Å². The minimum Gasteiger partial charge on any atom is -0.358 e. The molecule has 0 aliphatic heterocycles. The molecule has 2 aromatic carbocycles. The van der Waals surface area contributed by atoms with Gasteiger partial charge in [-0.25, -0.2) is 0 Å². The molecule has 0 bridgehead atoms. The van der Waals surface area contributed by atoms with Gasteiger partial charge in [-0.1, -0.05) is 127 Å². The number of benzene rings is 2. The first-order valence-corrected chi connectivity index (χ1v) is 15.2. The number of rotatable bonds is 5. The zero-order valence-electron chi connectivity index (χ0n) is 22.4. The Morgan fingerprint density at radius 2 is 1.18 bits per heavy atom. The van der Waals surface area contributed by atoms with Crippen LogP contribution in [0.1, 0.15) is 79.1 Å². The molecule has 34 heavy (non-hydrogen) atoms. The van der Waals surface area contributed by atoms with E-state index in [2.05, 4.69) is 88.4 Å². The van der Waals surface area contributed by atoms with Crippen molar-refractivity contribution in [2.45, 2.75) is 95.5 Å². The van der Waals surface area contributed by atoms with E-state index >= 15 is 0 Å². The second kappa shape index (κ2) is 16.4. The molecule has 0 N–H and O–H groups in total. The topological polar surface area (TPSA) is 17.1 Å². The molecule has 0 spiro atoms. The first kappa shape index (κ1) is 33.6. The fourth-order valence-corrected chi connectivity index (χ4v) is 10.9. The summed E-state index contributed by atoms with van der Waals surface area (Å²) >= 11 is 0. The van der Waals surface area contributed by atoms with Crippen LogP contribution in [0.5, 0.6) is 0 Å². The van der Waals surface area contributed by atoms with E-state index in [1.165, 1.54) is 55.6 Å². The molecule has 4 rings (SSSR count). The molecule has 2 unspecified atom stereocenters. The van der Waals surface area contributed by atoms with Crippen molar-refractivity contribution in [2.75, 3.05) is 0 Å². The van der Waals surface area contributed by atoms with Crippen molar-refractivity contribution in [3.63, 3.8) is 0 Å². The Hall–Kier alpha value is -0.381. The molecule has 2 aliphatic carbocycles. The van der Waals surface area contributed by atoms with Crippen molar-refractivity contribution < 1.29 is 21.6 Å². The quantitative estimate of drug-likeness (QED) is 0.210. The van der Waals surface area contributed by atoms with Crippen LogP contribution in [-0.2, 0) is 21.6 Å². The summed E-state index contributed by atoms with van der Waals surface area (Å²) in [5.74, 6) is 0.576. The zero-order chi connectivity index (χ0) is 22.3. The van der Waals surface area contributed by atoms with Crippen LogP contribution in [0.3, 0.4) is 0 Å². The maximum absolute atomic E-state index is 13.3. The average molecular weight is 543 g/mol. The zero-order valence-corrected chi connectivity index (χ0v) is 25.4. The number of hydrogen-bond donors (Lipinski definition) is 0. The van der Waals surface area contributed by atoms with Crippen LogP contribution >= 0.6 is 15.7 Å². The van der Waals surface area contributed by atoms with E-state index in [0.29, 0.717) is 17.2 Å². The van der Waals surface area contributed by atoms with Crippen LogP contribution in [0.4, 0.5) is 0 Å². The summed E-state index contributed by atoms with van der Waals surface area (Å²) in [5, 5.41) is 2.84. The van der Waals surface area contributed by atoms with Crippen molar-refractivity contribution in [2.24, 2.45) is 5.92 Å². The van der Waals surface area contributed by atoms with Crippen LogP contribution in [0.25, 0.3) is 0 Å². The van der Waals surface area contributed by atoms with E-state index in [4.69, 9.17) is 0 Å². The molecular formula is C30H48FeOP2. The summed E-state index contributed by atoms with van der Waals surface area (Å²) in [7, 11) is -2.04. The maximum Gasteiger partial charge on any atom is 2.00 e. The second-order valence-corrected chi connectivity index (χ2v) is 15.9. The van der Waals surface area contributed by atoms with Gasteiger partial charge in [0.05, 0.1) is 7.80 Å².